The lowest BCUT2D eigenvalue weighted by Gasteiger charge is -2.16. The fourth-order valence-corrected chi connectivity index (χ4v) is 3.02. The molecule has 2 atom stereocenters. The topological polar surface area (TPSA) is 95.5 Å². The van der Waals surface area contributed by atoms with Gasteiger partial charge in [-0.05, 0) is 18.9 Å². The van der Waals surface area contributed by atoms with Gasteiger partial charge in [0.05, 0.1) is 6.04 Å². The van der Waals surface area contributed by atoms with Gasteiger partial charge in [-0.15, -0.1) is 0 Å². The zero-order chi connectivity index (χ0) is 20.8. The summed E-state index contributed by atoms with van der Waals surface area (Å²) in [6.07, 6.45) is 6.81. The van der Waals surface area contributed by atoms with Crippen LogP contribution in [0.4, 0.5) is 0 Å². The molecule has 0 aliphatic carbocycles. The Morgan fingerprint density at radius 3 is 2.07 bits per heavy atom. The van der Waals surface area contributed by atoms with Crippen LogP contribution in [0.15, 0.2) is 30.3 Å². The molecule has 0 saturated heterocycles. The number of hydrogen-bond acceptors (Lipinski definition) is 3. The number of carboxylic acids is 1. The van der Waals surface area contributed by atoms with Crippen LogP contribution in [0.3, 0.4) is 0 Å². The third kappa shape index (κ3) is 10.1. The Hall–Kier alpha value is -2.37. The molecule has 0 bridgehead atoms. The van der Waals surface area contributed by atoms with Crippen molar-refractivity contribution in [1.82, 2.24) is 10.6 Å². The number of carbonyl (C=O) groups excluding carboxylic acids is 2. The molecule has 1 aromatic rings. The van der Waals surface area contributed by atoms with Crippen molar-refractivity contribution in [3.8, 4) is 0 Å². The molecule has 156 valence electrons. The summed E-state index contributed by atoms with van der Waals surface area (Å²) in [7, 11) is 0. The number of rotatable bonds is 14. The van der Waals surface area contributed by atoms with Crippen LogP contribution in [-0.4, -0.2) is 28.9 Å². The van der Waals surface area contributed by atoms with Crippen molar-refractivity contribution in [3.05, 3.63) is 35.9 Å². The summed E-state index contributed by atoms with van der Waals surface area (Å²) in [5.74, 6) is -1.65. The third-order valence-corrected chi connectivity index (χ3v) is 4.74. The van der Waals surface area contributed by atoms with Gasteiger partial charge in [0.15, 0.2) is 0 Å². The Bertz CT molecular complexity index is 604. The summed E-state index contributed by atoms with van der Waals surface area (Å²) >= 11 is 0. The third-order valence-electron chi connectivity index (χ3n) is 4.74. The maximum Gasteiger partial charge on any atom is 0.326 e. The smallest absolute Gasteiger partial charge is 0.326 e. The number of amides is 2. The van der Waals surface area contributed by atoms with E-state index in [1.807, 2.05) is 37.3 Å². The molecule has 0 heterocycles. The molecule has 3 N–H and O–H groups in total. The zero-order valence-corrected chi connectivity index (χ0v) is 17.1. The average molecular weight is 391 g/mol. The molecular formula is C22H34N2O4. The van der Waals surface area contributed by atoms with E-state index in [-0.39, 0.29) is 24.8 Å². The van der Waals surface area contributed by atoms with Gasteiger partial charge in [-0.3, -0.25) is 9.59 Å². The van der Waals surface area contributed by atoms with Gasteiger partial charge in [-0.25, -0.2) is 4.79 Å². The van der Waals surface area contributed by atoms with Crippen molar-refractivity contribution in [2.45, 2.75) is 83.7 Å². The number of carbonyl (C=O) groups is 3. The van der Waals surface area contributed by atoms with Gasteiger partial charge >= 0.3 is 5.97 Å². The minimum Gasteiger partial charge on any atom is -0.480 e. The Kier molecular flexibility index (Phi) is 11.6. The standard InChI is InChI=1S/C22H34N2O4/c1-3-4-5-6-7-11-14-19(22(27)28)24-21(26)16-15-20(25)23-17(2)18-12-9-8-10-13-18/h8-10,12-13,17,19H,3-7,11,14-16H2,1-2H3,(H,23,25)(H,24,26)(H,27,28)/t17-,19-/m1/s1. The number of aliphatic carboxylic acids is 1. The Morgan fingerprint density at radius 2 is 1.46 bits per heavy atom. The van der Waals surface area contributed by atoms with E-state index in [2.05, 4.69) is 17.6 Å². The van der Waals surface area contributed by atoms with Crippen LogP contribution in [0.5, 0.6) is 0 Å². The highest BCUT2D eigenvalue weighted by Gasteiger charge is 2.20. The quantitative estimate of drug-likeness (QED) is 0.419. The first-order valence-corrected chi connectivity index (χ1v) is 10.3. The van der Waals surface area contributed by atoms with Crippen LogP contribution < -0.4 is 10.6 Å². The molecule has 6 heteroatoms. The predicted molar refractivity (Wildman–Crippen MR) is 110 cm³/mol. The average Bonchev–Trinajstić information content (AvgIpc) is 2.68. The normalized spacial score (nSPS) is 12.8. The lowest BCUT2D eigenvalue weighted by Crippen LogP contribution is -2.41. The molecule has 0 aliphatic heterocycles. The molecule has 28 heavy (non-hydrogen) atoms. The van der Waals surface area contributed by atoms with Crippen LogP contribution in [0, 0.1) is 0 Å². The molecule has 0 spiro atoms. The van der Waals surface area contributed by atoms with Crippen molar-refractivity contribution >= 4 is 17.8 Å². The first-order chi connectivity index (χ1) is 13.4. The van der Waals surface area contributed by atoms with Gasteiger partial charge in [0.25, 0.3) is 0 Å². The monoisotopic (exact) mass is 390 g/mol. The lowest BCUT2D eigenvalue weighted by atomic mass is 10.1. The minimum absolute atomic E-state index is 0.0202. The summed E-state index contributed by atoms with van der Waals surface area (Å²) in [5.41, 5.74) is 0.991. The van der Waals surface area contributed by atoms with Crippen LogP contribution in [0.25, 0.3) is 0 Å². The number of unbranched alkanes of at least 4 members (excludes halogenated alkanes) is 5. The molecule has 0 saturated carbocycles. The fraction of sp³-hybridized carbons (Fsp3) is 0.591. The number of carboxylic acid groups (broad SMARTS) is 1. The first-order valence-electron chi connectivity index (χ1n) is 10.3. The van der Waals surface area contributed by atoms with Crippen molar-refractivity contribution < 1.29 is 19.5 Å². The highest BCUT2D eigenvalue weighted by molar-refractivity contribution is 5.87. The first kappa shape index (κ1) is 23.7. The lowest BCUT2D eigenvalue weighted by molar-refractivity contribution is -0.142. The van der Waals surface area contributed by atoms with E-state index in [1.165, 1.54) is 12.8 Å². The predicted octanol–water partition coefficient (Wildman–Crippen LogP) is 3.96. The van der Waals surface area contributed by atoms with Gasteiger partial charge in [-0.2, -0.15) is 0 Å². The molecule has 0 fully saturated rings. The zero-order valence-electron chi connectivity index (χ0n) is 17.1. The van der Waals surface area contributed by atoms with Crippen molar-refractivity contribution in [2.75, 3.05) is 0 Å². The van der Waals surface area contributed by atoms with E-state index in [9.17, 15) is 19.5 Å². The molecule has 0 radical (unpaired) electrons. The number of hydrogen-bond donors (Lipinski definition) is 3. The van der Waals surface area contributed by atoms with Crippen LogP contribution in [-0.2, 0) is 14.4 Å². The van der Waals surface area contributed by atoms with Crippen LogP contribution in [0.2, 0.25) is 0 Å². The van der Waals surface area contributed by atoms with E-state index in [0.717, 1.165) is 31.2 Å². The minimum atomic E-state index is -1.02. The van der Waals surface area contributed by atoms with Crippen molar-refractivity contribution in [1.29, 1.82) is 0 Å². The van der Waals surface area contributed by atoms with Crippen LogP contribution >= 0.6 is 0 Å². The van der Waals surface area contributed by atoms with E-state index in [1.54, 1.807) is 0 Å². The van der Waals surface area contributed by atoms with E-state index in [0.29, 0.717) is 6.42 Å². The molecule has 1 aromatic carbocycles. The molecule has 0 aromatic heterocycles. The summed E-state index contributed by atoms with van der Waals surface area (Å²) < 4.78 is 0. The summed E-state index contributed by atoms with van der Waals surface area (Å²) in [4.78, 5) is 35.4. The van der Waals surface area contributed by atoms with Crippen molar-refractivity contribution in [2.24, 2.45) is 0 Å². The van der Waals surface area contributed by atoms with Gasteiger partial charge < -0.3 is 15.7 Å². The molecule has 6 nitrogen and oxygen atoms in total. The van der Waals surface area contributed by atoms with Crippen LogP contribution in [0.1, 0.15) is 83.2 Å². The summed E-state index contributed by atoms with van der Waals surface area (Å²) in [6, 6.07) is 8.55. The highest BCUT2D eigenvalue weighted by atomic mass is 16.4. The maximum atomic E-state index is 12.0. The van der Waals surface area contributed by atoms with Gasteiger partial charge in [0.2, 0.25) is 11.8 Å². The second kappa shape index (κ2) is 13.7. The van der Waals surface area contributed by atoms with Gasteiger partial charge in [0.1, 0.15) is 6.04 Å². The SMILES string of the molecule is CCCCCCCC[C@@H](NC(=O)CCC(=O)N[C@H](C)c1ccccc1)C(=O)O. The second-order valence-corrected chi connectivity index (χ2v) is 7.21. The molecule has 1 rings (SSSR count). The molecule has 0 aliphatic rings. The highest BCUT2D eigenvalue weighted by Crippen LogP contribution is 2.12. The molecular weight excluding hydrogens is 356 g/mol. The molecule has 0 unspecified atom stereocenters. The Morgan fingerprint density at radius 1 is 0.893 bits per heavy atom. The summed E-state index contributed by atoms with van der Waals surface area (Å²) in [6.45, 7) is 4.03. The number of benzene rings is 1. The molecule has 2 amide bonds. The van der Waals surface area contributed by atoms with Crippen molar-refractivity contribution in [3.63, 3.8) is 0 Å². The second-order valence-electron chi connectivity index (χ2n) is 7.21. The Balaban J connectivity index is 2.29. The van der Waals surface area contributed by atoms with E-state index < -0.39 is 17.9 Å². The van der Waals surface area contributed by atoms with Gasteiger partial charge in [-0.1, -0.05) is 75.8 Å². The number of nitrogens with one attached hydrogen (secondary N) is 2. The largest absolute Gasteiger partial charge is 0.480 e. The fourth-order valence-electron chi connectivity index (χ4n) is 3.02. The Labute approximate surface area is 168 Å². The summed E-state index contributed by atoms with van der Waals surface area (Å²) in [5, 5.41) is 14.7. The maximum absolute atomic E-state index is 12.0. The van der Waals surface area contributed by atoms with Gasteiger partial charge in [0, 0.05) is 12.8 Å². The van der Waals surface area contributed by atoms with E-state index in [4.69, 9.17) is 0 Å². The van der Waals surface area contributed by atoms with E-state index >= 15 is 0 Å².